The zero-order valence-corrected chi connectivity index (χ0v) is 17.1. The Morgan fingerprint density at radius 2 is 2.00 bits per heavy atom. The van der Waals surface area contributed by atoms with Crippen molar-refractivity contribution in [2.75, 3.05) is 12.4 Å². The molecule has 1 atom stereocenters. The maximum absolute atomic E-state index is 11.8. The Morgan fingerprint density at radius 3 is 2.73 bits per heavy atom. The molecule has 1 aromatic heterocycles. The van der Waals surface area contributed by atoms with Crippen LogP contribution in [0.25, 0.3) is 10.2 Å². The summed E-state index contributed by atoms with van der Waals surface area (Å²) in [5.74, 6) is 0.167. The Labute approximate surface area is 162 Å². The molecule has 1 N–H and O–H groups in total. The van der Waals surface area contributed by atoms with Crippen molar-refractivity contribution in [1.82, 2.24) is 10.3 Å². The Kier molecular flexibility index (Phi) is 8.38. The zero-order chi connectivity index (χ0) is 18.9. The van der Waals surface area contributed by atoms with Gasteiger partial charge in [0, 0.05) is 6.04 Å². The number of amides is 1. The number of aromatic nitrogens is 1. The first-order chi connectivity index (χ1) is 12.4. The lowest BCUT2D eigenvalue weighted by Gasteiger charge is -2.14. The maximum Gasteiger partial charge on any atom is 0.316 e. The van der Waals surface area contributed by atoms with Gasteiger partial charge in [-0.15, -0.1) is 11.3 Å². The van der Waals surface area contributed by atoms with Crippen LogP contribution < -0.4 is 5.32 Å². The molecule has 0 spiro atoms. The van der Waals surface area contributed by atoms with Gasteiger partial charge >= 0.3 is 5.97 Å². The van der Waals surface area contributed by atoms with Crippen LogP contribution in [0.5, 0.6) is 0 Å². The second kappa shape index (κ2) is 10.5. The van der Waals surface area contributed by atoms with Gasteiger partial charge in [-0.1, -0.05) is 50.6 Å². The van der Waals surface area contributed by atoms with Crippen LogP contribution in [0.15, 0.2) is 28.6 Å². The molecule has 0 saturated heterocycles. The van der Waals surface area contributed by atoms with E-state index in [1.165, 1.54) is 11.8 Å². The van der Waals surface area contributed by atoms with E-state index in [0.717, 1.165) is 33.8 Å². The fourth-order valence-corrected chi connectivity index (χ4v) is 4.31. The highest BCUT2D eigenvalue weighted by Gasteiger charge is 2.12. The number of rotatable bonds is 10. The Bertz CT molecular complexity index is 697. The lowest BCUT2D eigenvalue weighted by molar-refractivity contribution is -0.146. The second-order valence-corrected chi connectivity index (χ2v) is 8.94. The number of para-hydroxylation sites is 1. The number of carbonyl (C=O) groups excluding carboxylic acids is 2. The molecule has 7 heteroatoms. The fourth-order valence-electron chi connectivity index (χ4n) is 2.44. The van der Waals surface area contributed by atoms with Crippen molar-refractivity contribution in [1.29, 1.82) is 0 Å². The van der Waals surface area contributed by atoms with Crippen LogP contribution in [0.2, 0.25) is 0 Å². The third-order valence-electron chi connectivity index (χ3n) is 3.78. The third kappa shape index (κ3) is 7.33. The summed E-state index contributed by atoms with van der Waals surface area (Å²) in [6.07, 6.45) is 3.17. The lowest BCUT2D eigenvalue weighted by atomic mass is 10.0. The van der Waals surface area contributed by atoms with Crippen molar-refractivity contribution in [3.63, 3.8) is 0 Å². The van der Waals surface area contributed by atoms with Gasteiger partial charge in [0.25, 0.3) is 5.91 Å². The van der Waals surface area contributed by atoms with Crippen LogP contribution >= 0.6 is 23.1 Å². The van der Waals surface area contributed by atoms with Crippen molar-refractivity contribution in [3.8, 4) is 0 Å². The number of nitrogens with zero attached hydrogens (tertiary/aromatic N) is 1. The molecular weight excluding hydrogens is 368 g/mol. The number of nitrogens with one attached hydrogen (secondary N) is 1. The number of carbonyl (C=O) groups is 2. The van der Waals surface area contributed by atoms with Gasteiger partial charge in [-0.25, -0.2) is 4.98 Å². The number of hydrogen-bond acceptors (Lipinski definition) is 6. The average molecular weight is 395 g/mol. The molecule has 2 rings (SSSR count). The van der Waals surface area contributed by atoms with Crippen LogP contribution in [0.1, 0.15) is 40.0 Å². The number of thioether (sulfide) groups is 1. The molecule has 142 valence electrons. The minimum absolute atomic E-state index is 0.0945. The Balaban J connectivity index is 1.64. The average Bonchev–Trinajstić information content (AvgIpc) is 3.00. The molecule has 1 unspecified atom stereocenters. The Morgan fingerprint density at radius 1 is 1.23 bits per heavy atom. The van der Waals surface area contributed by atoms with Crippen molar-refractivity contribution in [2.45, 2.75) is 50.4 Å². The van der Waals surface area contributed by atoms with Crippen LogP contribution in [-0.4, -0.2) is 35.3 Å². The van der Waals surface area contributed by atoms with E-state index in [4.69, 9.17) is 4.74 Å². The van der Waals surface area contributed by atoms with Crippen LogP contribution in [0.4, 0.5) is 0 Å². The minimum atomic E-state index is -0.406. The lowest BCUT2D eigenvalue weighted by Crippen LogP contribution is -2.36. The summed E-state index contributed by atoms with van der Waals surface area (Å²) < 4.78 is 6.97. The smallest absolute Gasteiger partial charge is 0.316 e. The molecule has 0 radical (unpaired) electrons. The van der Waals surface area contributed by atoms with Crippen LogP contribution in [0.3, 0.4) is 0 Å². The van der Waals surface area contributed by atoms with E-state index in [0.29, 0.717) is 5.92 Å². The van der Waals surface area contributed by atoms with E-state index < -0.39 is 5.97 Å². The molecule has 5 nitrogen and oxygen atoms in total. The SMILES string of the molecule is CC(C)CCCC(C)NC(=O)COC(=O)CSc1nc2ccccc2s1. The predicted octanol–water partition coefficient (Wildman–Crippen LogP) is 4.26. The monoisotopic (exact) mass is 394 g/mol. The first-order valence-electron chi connectivity index (χ1n) is 8.87. The van der Waals surface area contributed by atoms with Crippen LogP contribution in [0, 0.1) is 5.92 Å². The van der Waals surface area contributed by atoms with Crippen LogP contribution in [-0.2, 0) is 14.3 Å². The number of hydrogen-bond donors (Lipinski definition) is 1. The number of fused-ring (bicyclic) bond motifs is 1. The summed E-state index contributed by atoms with van der Waals surface area (Å²) in [4.78, 5) is 28.1. The number of ether oxygens (including phenoxy) is 1. The fraction of sp³-hybridized carbons (Fsp3) is 0.526. The molecule has 0 aliphatic carbocycles. The predicted molar refractivity (Wildman–Crippen MR) is 108 cm³/mol. The molecule has 0 saturated carbocycles. The maximum atomic E-state index is 11.8. The molecule has 0 aliphatic rings. The van der Waals surface area contributed by atoms with E-state index in [1.54, 1.807) is 11.3 Å². The number of benzene rings is 1. The highest BCUT2D eigenvalue weighted by atomic mass is 32.2. The summed E-state index contributed by atoms with van der Waals surface area (Å²) in [6, 6.07) is 7.94. The minimum Gasteiger partial charge on any atom is -0.455 e. The first-order valence-corrected chi connectivity index (χ1v) is 10.7. The van der Waals surface area contributed by atoms with Gasteiger partial charge in [0.15, 0.2) is 10.9 Å². The molecule has 2 aromatic rings. The van der Waals surface area contributed by atoms with Gasteiger partial charge < -0.3 is 10.1 Å². The van der Waals surface area contributed by atoms with Crippen molar-refractivity contribution >= 4 is 45.2 Å². The second-order valence-electron chi connectivity index (χ2n) is 6.69. The normalized spacial score (nSPS) is 12.3. The van der Waals surface area contributed by atoms with Gasteiger partial charge in [-0.2, -0.15) is 0 Å². The molecule has 0 fully saturated rings. The first kappa shape index (κ1) is 20.7. The largest absolute Gasteiger partial charge is 0.455 e. The van der Waals surface area contributed by atoms with Gasteiger partial charge in [0.05, 0.1) is 16.0 Å². The Hall–Kier alpha value is -1.60. The zero-order valence-electron chi connectivity index (χ0n) is 15.5. The third-order valence-corrected chi connectivity index (χ3v) is 5.93. The topological polar surface area (TPSA) is 68.3 Å². The van der Waals surface area contributed by atoms with E-state index in [-0.39, 0.29) is 24.3 Å². The molecule has 1 amide bonds. The van der Waals surface area contributed by atoms with Gasteiger partial charge in [0.1, 0.15) is 0 Å². The quantitative estimate of drug-likeness (QED) is 0.482. The van der Waals surface area contributed by atoms with Gasteiger partial charge in [-0.3, -0.25) is 9.59 Å². The van der Waals surface area contributed by atoms with Crippen molar-refractivity contribution < 1.29 is 14.3 Å². The molecule has 1 aromatic carbocycles. The molecule has 0 aliphatic heterocycles. The summed E-state index contributed by atoms with van der Waals surface area (Å²) >= 11 is 2.88. The summed E-state index contributed by atoms with van der Waals surface area (Å²) in [6.45, 7) is 6.13. The summed E-state index contributed by atoms with van der Waals surface area (Å²) in [7, 11) is 0. The summed E-state index contributed by atoms with van der Waals surface area (Å²) in [5, 5.41) is 2.87. The van der Waals surface area contributed by atoms with Gasteiger partial charge in [0.2, 0.25) is 0 Å². The summed E-state index contributed by atoms with van der Waals surface area (Å²) in [5.41, 5.74) is 0.930. The van der Waals surface area contributed by atoms with Crippen molar-refractivity contribution in [2.24, 2.45) is 5.92 Å². The van der Waals surface area contributed by atoms with E-state index in [9.17, 15) is 9.59 Å². The molecular formula is C19H26N2O3S2. The number of thiazole rings is 1. The van der Waals surface area contributed by atoms with E-state index in [2.05, 4.69) is 24.1 Å². The van der Waals surface area contributed by atoms with E-state index >= 15 is 0 Å². The molecule has 0 bridgehead atoms. The molecule has 26 heavy (non-hydrogen) atoms. The molecule has 1 heterocycles. The van der Waals surface area contributed by atoms with Gasteiger partial charge in [-0.05, 0) is 31.4 Å². The van der Waals surface area contributed by atoms with E-state index in [1.807, 2.05) is 31.2 Å². The standard InChI is InChI=1S/C19H26N2O3S2/c1-13(2)7-6-8-14(3)20-17(22)11-24-18(23)12-25-19-21-15-9-4-5-10-16(15)26-19/h4-5,9-10,13-14H,6-8,11-12H2,1-3H3,(H,20,22). The number of esters is 1. The highest BCUT2D eigenvalue weighted by molar-refractivity contribution is 8.01. The highest BCUT2D eigenvalue weighted by Crippen LogP contribution is 2.29. The van der Waals surface area contributed by atoms with Crippen molar-refractivity contribution in [3.05, 3.63) is 24.3 Å².